The fraction of sp³-hybridized carbons (Fsp3) is 0.556. The van der Waals surface area contributed by atoms with Crippen molar-refractivity contribution in [2.75, 3.05) is 20.3 Å². The number of carbonyl (C=O) groups is 1. The second-order valence-corrected chi connectivity index (χ2v) is 9.89. The Labute approximate surface area is 235 Å². The van der Waals surface area contributed by atoms with E-state index in [1.807, 2.05) is 19.1 Å². The van der Waals surface area contributed by atoms with Crippen LogP contribution < -0.4 is 15.2 Å². The van der Waals surface area contributed by atoms with Gasteiger partial charge in [0.2, 0.25) is 0 Å². The number of nitrogens with zero attached hydrogens (tertiary/aromatic N) is 3. The second kappa shape index (κ2) is 14.0. The van der Waals surface area contributed by atoms with Gasteiger partial charge < -0.3 is 49.8 Å². The molecule has 1 aliphatic heterocycles. The van der Waals surface area contributed by atoms with E-state index >= 15 is 0 Å². The van der Waals surface area contributed by atoms with E-state index in [4.69, 9.17) is 45.1 Å². The van der Waals surface area contributed by atoms with Crippen molar-refractivity contribution in [3.8, 4) is 11.5 Å². The molecule has 0 spiro atoms. The average Bonchev–Trinajstić information content (AvgIpc) is 2.96. The molecule has 2 aliphatic rings. The predicted octanol–water partition coefficient (Wildman–Crippen LogP) is -1.46. The van der Waals surface area contributed by atoms with Gasteiger partial charge in [-0.15, -0.1) is 0 Å². The fourth-order valence-corrected chi connectivity index (χ4v) is 4.91. The van der Waals surface area contributed by atoms with Gasteiger partial charge in [-0.25, -0.2) is 14.6 Å². The van der Waals surface area contributed by atoms with Crippen LogP contribution >= 0.6 is 0 Å². The Balaban J connectivity index is 0.000000302. The van der Waals surface area contributed by atoms with Gasteiger partial charge in [0.25, 0.3) is 0 Å². The van der Waals surface area contributed by atoms with Crippen molar-refractivity contribution in [1.29, 1.82) is 0 Å². The van der Waals surface area contributed by atoms with Gasteiger partial charge in [0.05, 0.1) is 38.2 Å². The summed E-state index contributed by atoms with van der Waals surface area (Å²) < 4.78 is 12.8. The predicted molar refractivity (Wildman–Crippen MR) is 144 cm³/mol. The lowest BCUT2D eigenvalue weighted by Gasteiger charge is -2.37. The maximum Gasteiger partial charge on any atom is 0.347 e. The molecule has 0 unspecified atom stereocenters. The van der Waals surface area contributed by atoms with Crippen LogP contribution in [0.1, 0.15) is 48.8 Å². The number of aliphatic imine (C=N–C) groups is 1. The second-order valence-electron chi connectivity index (χ2n) is 9.89. The molecule has 7 atom stereocenters. The highest BCUT2D eigenvalue weighted by molar-refractivity contribution is 6.14. The molecule has 0 amide bonds. The Morgan fingerprint density at radius 1 is 1.15 bits per heavy atom. The number of ether oxygens (including phenoxy) is 2. The lowest BCUT2D eigenvalue weighted by molar-refractivity contribution is -0.164. The number of carboxylic acids is 1. The molecule has 14 nitrogen and oxygen atoms in total. The normalized spacial score (nSPS) is 22.5. The van der Waals surface area contributed by atoms with Crippen LogP contribution in [0.3, 0.4) is 0 Å². The number of methoxy groups -OCH3 is 1. The summed E-state index contributed by atoms with van der Waals surface area (Å²) in [6, 6.07) is 4.06. The highest BCUT2D eigenvalue weighted by atomic mass is 16.5. The Hall–Kier alpha value is -3.40. The topological polar surface area (TPSA) is 224 Å². The van der Waals surface area contributed by atoms with E-state index in [2.05, 4.69) is 4.98 Å². The van der Waals surface area contributed by atoms with E-state index in [0.717, 1.165) is 35.2 Å². The van der Waals surface area contributed by atoms with Gasteiger partial charge in [0.15, 0.2) is 17.6 Å². The third-order valence-corrected chi connectivity index (χ3v) is 7.10. The molecule has 226 valence electrons. The van der Waals surface area contributed by atoms with Gasteiger partial charge in [0, 0.05) is 36.5 Å². The number of hydrogen-bond donors (Lipinski definition) is 7. The molecule has 2 heterocycles. The first kappa shape index (κ1) is 32.1. The number of aliphatic hydroxyl groups excluding tert-OH is 6. The zero-order chi connectivity index (χ0) is 30.4. The largest absolute Gasteiger partial charge is 0.493 e. The number of aliphatic carboxylic acids is 1. The maximum atomic E-state index is 11.7. The van der Waals surface area contributed by atoms with E-state index in [1.54, 1.807) is 26.6 Å². The molecule has 0 saturated heterocycles. The van der Waals surface area contributed by atoms with E-state index in [9.17, 15) is 14.7 Å². The molecule has 4 rings (SSSR count). The van der Waals surface area contributed by atoms with Crippen LogP contribution in [-0.2, 0) is 11.8 Å². The highest BCUT2D eigenvalue weighted by Crippen LogP contribution is 2.44. The SMILES string of the molecule is CCOc1cc2c(cc1OC)C(c1cnc(=O)n(C)c1)=N[C@@H]1CC[C@@H](O)C[C@H]21.O=C(O)[C@H](O)[C@H](O)[C@H](O)[C@@H](O)CO. The van der Waals surface area contributed by atoms with Gasteiger partial charge >= 0.3 is 11.7 Å². The summed E-state index contributed by atoms with van der Waals surface area (Å²) in [5.74, 6) is -0.256. The first-order valence-corrected chi connectivity index (χ1v) is 13.1. The quantitative estimate of drug-likeness (QED) is 0.181. The van der Waals surface area contributed by atoms with Gasteiger partial charge in [0.1, 0.15) is 18.3 Å². The number of aromatic nitrogens is 2. The fourth-order valence-electron chi connectivity index (χ4n) is 4.91. The molecule has 2 aromatic rings. The molecular formula is C27H37N3O11. The number of hydrogen-bond acceptors (Lipinski definition) is 12. The maximum absolute atomic E-state index is 11.7. The van der Waals surface area contributed by atoms with Gasteiger partial charge in [-0.05, 0) is 43.9 Å². The first-order valence-electron chi connectivity index (χ1n) is 13.1. The zero-order valence-corrected chi connectivity index (χ0v) is 23.0. The minimum absolute atomic E-state index is 0.0889. The van der Waals surface area contributed by atoms with Crippen molar-refractivity contribution >= 4 is 11.7 Å². The zero-order valence-electron chi connectivity index (χ0n) is 23.0. The number of aryl methyl sites for hydroxylation is 1. The third-order valence-electron chi connectivity index (χ3n) is 7.10. The molecule has 1 aromatic carbocycles. The van der Waals surface area contributed by atoms with Crippen LogP contribution in [0.15, 0.2) is 34.3 Å². The number of fused-ring (bicyclic) bond motifs is 3. The minimum atomic E-state index is -2.20. The standard InChI is InChI=1S/C21H25N3O4.C6H12O7/c1-4-28-19-8-14-15-7-13(25)5-6-17(15)23-20(16(14)9-18(19)27-3)12-10-22-21(26)24(2)11-12;7-1-2(8)3(9)4(10)5(11)6(12)13/h8-11,13,15,17,25H,4-7H2,1-3H3;2-5,7-11H,1H2,(H,12,13)/t13-,15-,17-;2-,3+,4+,5+/m10/s1. The Kier molecular flexibility index (Phi) is 11.0. The van der Waals surface area contributed by atoms with Gasteiger partial charge in [-0.2, -0.15) is 0 Å². The van der Waals surface area contributed by atoms with Crippen molar-refractivity contribution < 1.29 is 50.0 Å². The van der Waals surface area contributed by atoms with Crippen LogP contribution in [0, 0.1) is 0 Å². The summed E-state index contributed by atoms with van der Waals surface area (Å²) >= 11 is 0. The van der Waals surface area contributed by atoms with Crippen molar-refractivity contribution in [2.45, 2.75) is 68.7 Å². The number of rotatable bonds is 9. The monoisotopic (exact) mass is 579 g/mol. The van der Waals surface area contributed by atoms with E-state index in [-0.39, 0.29) is 23.8 Å². The Morgan fingerprint density at radius 3 is 2.44 bits per heavy atom. The summed E-state index contributed by atoms with van der Waals surface area (Å²) in [5.41, 5.74) is 3.34. The van der Waals surface area contributed by atoms with E-state index in [0.29, 0.717) is 24.5 Å². The Morgan fingerprint density at radius 2 is 1.85 bits per heavy atom. The van der Waals surface area contributed by atoms with Crippen molar-refractivity contribution in [2.24, 2.45) is 12.0 Å². The number of benzene rings is 1. The average molecular weight is 580 g/mol. The lowest BCUT2D eigenvalue weighted by Crippen LogP contribution is -2.48. The smallest absolute Gasteiger partial charge is 0.347 e. The first-order chi connectivity index (χ1) is 19.4. The Bertz CT molecular complexity index is 1300. The molecule has 0 bridgehead atoms. The number of carboxylic acid groups (broad SMARTS) is 1. The molecule has 0 radical (unpaired) electrons. The molecule has 1 aliphatic carbocycles. The van der Waals surface area contributed by atoms with Crippen LogP contribution in [-0.4, -0.2) is 114 Å². The van der Waals surface area contributed by atoms with Crippen LogP contribution in [0.25, 0.3) is 0 Å². The third kappa shape index (κ3) is 7.28. The highest BCUT2D eigenvalue weighted by Gasteiger charge is 2.37. The van der Waals surface area contributed by atoms with Gasteiger partial charge in [-0.1, -0.05) is 0 Å². The molecule has 1 saturated carbocycles. The van der Waals surface area contributed by atoms with Gasteiger partial charge in [-0.3, -0.25) is 4.99 Å². The number of aliphatic hydroxyl groups is 6. The van der Waals surface area contributed by atoms with E-state index < -0.39 is 37.0 Å². The lowest BCUT2D eigenvalue weighted by atomic mass is 9.74. The molecular weight excluding hydrogens is 542 g/mol. The summed E-state index contributed by atoms with van der Waals surface area (Å²) in [6.07, 6.45) is -2.57. The molecule has 1 aromatic heterocycles. The van der Waals surface area contributed by atoms with Crippen LogP contribution in [0.5, 0.6) is 11.5 Å². The molecule has 14 heteroatoms. The van der Waals surface area contributed by atoms with Crippen molar-refractivity contribution in [1.82, 2.24) is 9.55 Å². The van der Waals surface area contributed by atoms with E-state index in [1.165, 1.54) is 4.57 Å². The summed E-state index contributed by atoms with van der Waals surface area (Å²) in [6.45, 7) is 1.64. The summed E-state index contributed by atoms with van der Waals surface area (Å²) in [7, 11) is 3.30. The molecule has 41 heavy (non-hydrogen) atoms. The van der Waals surface area contributed by atoms with Crippen molar-refractivity contribution in [3.63, 3.8) is 0 Å². The minimum Gasteiger partial charge on any atom is -0.493 e. The van der Waals surface area contributed by atoms with Crippen molar-refractivity contribution in [3.05, 3.63) is 51.7 Å². The van der Waals surface area contributed by atoms with Crippen LogP contribution in [0.4, 0.5) is 0 Å². The molecule has 7 N–H and O–H groups in total. The van der Waals surface area contributed by atoms with Crippen LogP contribution in [0.2, 0.25) is 0 Å². The summed E-state index contributed by atoms with van der Waals surface area (Å²) in [4.78, 5) is 30.8. The molecule has 1 fully saturated rings. The summed E-state index contributed by atoms with van der Waals surface area (Å²) in [5, 5.41) is 62.1.